The van der Waals surface area contributed by atoms with E-state index in [1.165, 1.54) is 0 Å². The van der Waals surface area contributed by atoms with Gasteiger partial charge < -0.3 is 4.98 Å². The maximum atomic E-state index is 11.8. The van der Waals surface area contributed by atoms with Gasteiger partial charge in [-0.15, -0.1) is 11.6 Å². The molecule has 1 aliphatic rings. The molecule has 2 rings (SSSR count). The Labute approximate surface area is 100 Å². The monoisotopic (exact) mass is 262 g/mol. The van der Waals surface area contributed by atoms with Crippen LogP contribution in [0.1, 0.15) is 25.1 Å². The Morgan fingerprint density at radius 3 is 3.00 bits per heavy atom. The van der Waals surface area contributed by atoms with Gasteiger partial charge in [0.15, 0.2) is 9.84 Å². The number of alkyl halides is 1. The molecule has 2 unspecified atom stereocenters. The van der Waals surface area contributed by atoms with Crippen molar-refractivity contribution in [2.24, 2.45) is 0 Å². The molecule has 0 aromatic carbocycles. The van der Waals surface area contributed by atoms with E-state index < -0.39 is 15.1 Å². The van der Waals surface area contributed by atoms with Gasteiger partial charge in [0, 0.05) is 18.8 Å². The molecule has 0 saturated carbocycles. The van der Waals surface area contributed by atoms with Crippen LogP contribution in [0.5, 0.6) is 0 Å². The zero-order chi connectivity index (χ0) is 11.6. The molecule has 0 aliphatic carbocycles. The van der Waals surface area contributed by atoms with E-state index in [-0.39, 0.29) is 11.1 Å². The summed E-state index contributed by atoms with van der Waals surface area (Å²) >= 11 is 6.20. The standard InChI is InChI=1S/C10H15ClN2O2S/c11-8(7-10-12-4-5-13-10)9-3-1-2-6-16(9,14)15/h4-5,8-9H,1-3,6-7H2,(H,12,13). The van der Waals surface area contributed by atoms with Gasteiger partial charge in [0.2, 0.25) is 0 Å². The van der Waals surface area contributed by atoms with Gasteiger partial charge in [-0.05, 0) is 12.8 Å². The summed E-state index contributed by atoms with van der Waals surface area (Å²) < 4.78 is 23.7. The highest BCUT2D eigenvalue weighted by Gasteiger charge is 2.34. The predicted molar refractivity (Wildman–Crippen MR) is 63.4 cm³/mol. The molecule has 16 heavy (non-hydrogen) atoms. The fourth-order valence-corrected chi connectivity index (χ4v) is 4.83. The average molecular weight is 263 g/mol. The van der Waals surface area contributed by atoms with E-state index in [0.29, 0.717) is 12.8 Å². The van der Waals surface area contributed by atoms with E-state index in [1.807, 2.05) is 0 Å². The summed E-state index contributed by atoms with van der Waals surface area (Å²) in [5, 5.41) is -0.788. The lowest BCUT2D eigenvalue weighted by Gasteiger charge is -2.25. The van der Waals surface area contributed by atoms with Crippen molar-refractivity contribution in [3.8, 4) is 0 Å². The molecule has 0 amide bonds. The number of H-pyrrole nitrogens is 1. The van der Waals surface area contributed by atoms with Gasteiger partial charge >= 0.3 is 0 Å². The Kier molecular flexibility index (Phi) is 3.54. The first-order valence-corrected chi connectivity index (χ1v) is 7.58. The predicted octanol–water partition coefficient (Wildman–Crippen LogP) is 1.53. The van der Waals surface area contributed by atoms with Crippen molar-refractivity contribution in [1.29, 1.82) is 0 Å². The molecule has 0 bridgehead atoms. The third-order valence-electron chi connectivity index (χ3n) is 2.98. The number of nitrogens with zero attached hydrogens (tertiary/aromatic N) is 1. The van der Waals surface area contributed by atoms with Crippen molar-refractivity contribution >= 4 is 21.4 Å². The van der Waals surface area contributed by atoms with Crippen molar-refractivity contribution < 1.29 is 8.42 Å². The van der Waals surface area contributed by atoms with Crippen LogP contribution < -0.4 is 0 Å². The molecule has 4 nitrogen and oxygen atoms in total. The van der Waals surface area contributed by atoms with Crippen LogP contribution in [-0.4, -0.2) is 34.8 Å². The Hall–Kier alpha value is -0.550. The number of aromatic nitrogens is 2. The number of nitrogens with one attached hydrogen (secondary N) is 1. The van der Waals surface area contributed by atoms with Gasteiger partial charge in [0.1, 0.15) is 5.82 Å². The molecule has 2 heterocycles. The molecule has 1 aromatic heterocycles. The van der Waals surface area contributed by atoms with E-state index >= 15 is 0 Å². The third kappa shape index (κ3) is 2.58. The zero-order valence-electron chi connectivity index (χ0n) is 8.89. The first kappa shape index (κ1) is 11.9. The second kappa shape index (κ2) is 4.75. The van der Waals surface area contributed by atoms with Gasteiger partial charge in [-0.1, -0.05) is 6.42 Å². The minimum atomic E-state index is -3.00. The van der Waals surface area contributed by atoms with Crippen molar-refractivity contribution in [1.82, 2.24) is 9.97 Å². The summed E-state index contributed by atoms with van der Waals surface area (Å²) in [6, 6.07) is 0. The Balaban J connectivity index is 2.06. The van der Waals surface area contributed by atoms with Crippen molar-refractivity contribution in [2.45, 2.75) is 36.3 Å². The second-order valence-electron chi connectivity index (χ2n) is 4.16. The van der Waals surface area contributed by atoms with Crippen molar-refractivity contribution in [3.63, 3.8) is 0 Å². The summed E-state index contributed by atoms with van der Waals surface area (Å²) in [5.41, 5.74) is 0. The van der Waals surface area contributed by atoms with Gasteiger partial charge in [-0.3, -0.25) is 0 Å². The molecule has 2 atom stereocenters. The van der Waals surface area contributed by atoms with Crippen LogP contribution in [0.25, 0.3) is 0 Å². The highest BCUT2D eigenvalue weighted by atomic mass is 35.5. The number of halogens is 1. The van der Waals surface area contributed by atoms with Crippen molar-refractivity contribution in [3.05, 3.63) is 18.2 Å². The summed E-state index contributed by atoms with van der Waals surface area (Å²) in [6.07, 6.45) is 6.24. The molecule has 6 heteroatoms. The van der Waals surface area contributed by atoms with Gasteiger partial charge in [-0.2, -0.15) is 0 Å². The second-order valence-corrected chi connectivity index (χ2v) is 7.06. The molecule has 1 aliphatic heterocycles. The summed E-state index contributed by atoms with van der Waals surface area (Å²) in [6.45, 7) is 0. The van der Waals surface area contributed by atoms with Crippen molar-refractivity contribution in [2.75, 3.05) is 5.75 Å². The topological polar surface area (TPSA) is 62.8 Å². The Morgan fingerprint density at radius 2 is 2.38 bits per heavy atom. The number of rotatable bonds is 3. The highest BCUT2D eigenvalue weighted by Crippen LogP contribution is 2.26. The fraction of sp³-hybridized carbons (Fsp3) is 0.700. The van der Waals surface area contributed by atoms with E-state index in [1.54, 1.807) is 12.4 Å². The molecule has 1 N–H and O–H groups in total. The van der Waals surface area contributed by atoms with Crippen LogP contribution in [0.2, 0.25) is 0 Å². The van der Waals surface area contributed by atoms with E-state index in [4.69, 9.17) is 11.6 Å². The lowest BCUT2D eigenvalue weighted by Crippen LogP contribution is -2.37. The first-order chi connectivity index (χ1) is 7.59. The molecule has 1 fully saturated rings. The molecular weight excluding hydrogens is 248 g/mol. The van der Waals surface area contributed by atoms with Gasteiger partial charge in [0.05, 0.1) is 16.4 Å². The first-order valence-electron chi connectivity index (χ1n) is 5.43. The fourth-order valence-electron chi connectivity index (χ4n) is 2.11. The molecule has 1 aromatic rings. The summed E-state index contributed by atoms with van der Waals surface area (Å²) in [5.74, 6) is 1.03. The highest BCUT2D eigenvalue weighted by molar-refractivity contribution is 7.92. The van der Waals surface area contributed by atoms with E-state index in [0.717, 1.165) is 18.7 Å². The summed E-state index contributed by atoms with van der Waals surface area (Å²) in [7, 11) is -3.00. The largest absolute Gasteiger partial charge is 0.349 e. The third-order valence-corrected chi connectivity index (χ3v) is 5.93. The molecule has 0 spiro atoms. The minimum Gasteiger partial charge on any atom is -0.349 e. The summed E-state index contributed by atoms with van der Waals surface area (Å²) in [4.78, 5) is 7.01. The van der Waals surface area contributed by atoms with Gasteiger partial charge in [0.25, 0.3) is 0 Å². The maximum absolute atomic E-state index is 11.8. The lowest BCUT2D eigenvalue weighted by atomic mass is 10.1. The lowest BCUT2D eigenvalue weighted by molar-refractivity contribution is 0.527. The van der Waals surface area contributed by atoms with Crippen LogP contribution in [0, 0.1) is 0 Å². The van der Waals surface area contributed by atoms with Crippen LogP contribution in [0.3, 0.4) is 0 Å². The Morgan fingerprint density at radius 1 is 1.56 bits per heavy atom. The molecular formula is C10H15ClN2O2S. The molecule has 90 valence electrons. The number of hydrogen-bond acceptors (Lipinski definition) is 3. The van der Waals surface area contributed by atoms with Crippen LogP contribution in [0.15, 0.2) is 12.4 Å². The van der Waals surface area contributed by atoms with Crippen LogP contribution >= 0.6 is 11.6 Å². The number of hydrogen-bond donors (Lipinski definition) is 1. The number of sulfone groups is 1. The normalized spacial score (nSPS) is 26.4. The molecule has 1 saturated heterocycles. The minimum absolute atomic E-state index is 0.277. The SMILES string of the molecule is O=S1(=O)CCCCC1C(Cl)Cc1ncc[nH]1. The Bertz CT molecular complexity index is 430. The molecule has 0 radical (unpaired) electrons. The van der Waals surface area contributed by atoms with E-state index in [9.17, 15) is 8.42 Å². The van der Waals surface area contributed by atoms with Crippen LogP contribution in [0.4, 0.5) is 0 Å². The van der Waals surface area contributed by atoms with Gasteiger partial charge in [-0.25, -0.2) is 13.4 Å². The van der Waals surface area contributed by atoms with E-state index in [2.05, 4.69) is 9.97 Å². The maximum Gasteiger partial charge on any atom is 0.154 e. The number of imidazole rings is 1. The number of aromatic amines is 1. The quantitative estimate of drug-likeness (QED) is 0.841. The zero-order valence-corrected chi connectivity index (χ0v) is 10.5. The average Bonchev–Trinajstić information content (AvgIpc) is 2.69. The van der Waals surface area contributed by atoms with Crippen LogP contribution in [-0.2, 0) is 16.3 Å². The smallest absolute Gasteiger partial charge is 0.154 e.